The van der Waals surface area contributed by atoms with Gasteiger partial charge in [-0.3, -0.25) is 9.59 Å². The Morgan fingerprint density at radius 1 is 0.885 bits per heavy atom. The summed E-state index contributed by atoms with van der Waals surface area (Å²) in [4.78, 5) is 23.4. The van der Waals surface area contributed by atoms with Gasteiger partial charge in [-0.25, -0.2) is 0 Å². The van der Waals surface area contributed by atoms with Gasteiger partial charge in [0.25, 0.3) is 0 Å². The smallest absolute Gasteiger partial charge is 0.416 e. The monoisotopic (exact) mass is 381 g/mol. The number of rotatable bonds is 3. The first-order valence-electron chi connectivity index (χ1n) is 7.37. The van der Waals surface area contributed by atoms with E-state index in [0.717, 1.165) is 0 Å². The van der Waals surface area contributed by atoms with Crippen molar-refractivity contribution in [3.63, 3.8) is 0 Å². The maximum absolute atomic E-state index is 12.8. The lowest BCUT2D eigenvalue weighted by molar-refractivity contribution is -0.146. The Morgan fingerprint density at radius 3 is 1.77 bits per heavy atom. The second-order valence-corrected chi connectivity index (χ2v) is 5.78. The molecule has 0 aliphatic heterocycles. The van der Waals surface area contributed by atoms with Crippen LogP contribution in [0.2, 0.25) is 0 Å². The van der Waals surface area contributed by atoms with Gasteiger partial charge in [0.15, 0.2) is 0 Å². The van der Waals surface area contributed by atoms with Gasteiger partial charge in [0.1, 0.15) is 0 Å². The van der Waals surface area contributed by atoms with Gasteiger partial charge in [-0.1, -0.05) is 12.2 Å². The summed E-state index contributed by atoms with van der Waals surface area (Å²) in [6.45, 7) is 0. The third kappa shape index (κ3) is 4.55. The molecule has 2 rings (SSSR count). The van der Waals surface area contributed by atoms with Crippen molar-refractivity contribution in [3.8, 4) is 0 Å². The fraction of sp³-hybridized carbons (Fsp3) is 0.375. The molecule has 1 aromatic carbocycles. The number of carbonyl (C=O) groups excluding carboxylic acids is 1. The molecule has 10 heteroatoms. The van der Waals surface area contributed by atoms with E-state index in [9.17, 15) is 35.9 Å². The van der Waals surface area contributed by atoms with Crippen LogP contribution in [0.25, 0.3) is 0 Å². The number of allylic oxidation sites excluding steroid dienone is 2. The lowest BCUT2D eigenvalue weighted by atomic mass is 9.82. The number of carboxylic acid groups (broad SMARTS) is 1. The topological polar surface area (TPSA) is 66.4 Å². The molecular formula is C16H13F6NO3. The molecular weight excluding hydrogens is 368 g/mol. The number of anilines is 1. The minimum atomic E-state index is -5.04. The van der Waals surface area contributed by atoms with Crippen LogP contribution < -0.4 is 5.32 Å². The molecule has 0 saturated heterocycles. The third-order valence-electron chi connectivity index (χ3n) is 3.94. The SMILES string of the molecule is O=C(O)[C@H]1CC=CC[C@@H]1C(=O)Nc1cc(C(F)(F)F)cc(C(F)(F)F)c1. The molecule has 1 aromatic rings. The maximum atomic E-state index is 12.8. The number of carboxylic acids is 1. The maximum Gasteiger partial charge on any atom is 0.416 e. The fourth-order valence-electron chi connectivity index (χ4n) is 2.64. The van der Waals surface area contributed by atoms with Crippen molar-refractivity contribution in [2.75, 3.05) is 5.32 Å². The van der Waals surface area contributed by atoms with Crippen LogP contribution >= 0.6 is 0 Å². The number of aliphatic carboxylic acids is 1. The van der Waals surface area contributed by atoms with Crippen molar-refractivity contribution in [1.82, 2.24) is 0 Å². The summed E-state index contributed by atoms with van der Waals surface area (Å²) in [7, 11) is 0. The Kier molecular flexibility index (Phi) is 5.33. The number of amides is 1. The van der Waals surface area contributed by atoms with Crippen molar-refractivity contribution < 1.29 is 41.0 Å². The highest BCUT2D eigenvalue weighted by molar-refractivity contribution is 5.95. The predicted octanol–water partition coefficient (Wildman–Crippen LogP) is 4.33. The molecule has 4 nitrogen and oxygen atoms in total. The van der Waals surface area contributed by atoms with E-state index in [4.69, 9.17) is 5.11 Å². The zero-order chi connectivity index (χ0) is 19.7. The second-order valence-electron chi connectivity index (χ2n) is 5.78. The van der Waals surface area contributed by atoms with Crippen molar-refractivity contribution in [2.45, 2.75) is 25.2 Å². The molecule has 0 fully saturated rings. The number of alkyl halides is 6. The van der Waals surface area contributed by atoms with Crippen molar-refractivity contribution in [1.29, 1.82) is 0 Å². The quantitative estimate of drug-likeness (QED) is 0.605. The van der Waals surface area contributed by atoms with Crippen molar-refractivity contribution >= 4 is 17.6 Å². The largest absolute Gasteiger partial charge is 0.481 e. The van der Waals surface area contributed by atoms with E-state index in [1.807, 2.05) is 5.32 Å². The van der Waals surface area contributed by atoms with E-state index in [-0.39, 0.29) is 18.9 Å². The number of hydrogen-bond donors (Lipinski definition) is 2. The van der Waals surface area contributed by atoms with E-state index < -0.39 is 52.9 Å². The molecule has 0 radical (unpaired) electrons. The highest BCUT2D eigenvalue weighted by Gasteiger charge is 2.38. The Morgan fingerprint density at radius 2 is 1.35 bits per heavy atom. The fourth-order valence-corrected chi connectivity index (χ4v) is 2.64. The van der Waals surface area contributed by atoms with Gasteiger partial charge in [0.05, 0.1) is 23.0 Å². The number of carbonyl (C=O) groups is 2. The van der Waals surface area contributed by atoms with E-state index in [1.165, 1.54) is 6.08 Å². The highest BCUT2D eigenvalue weighted by Crippen LogP contribution is 2.38. The van der Waals surface area contributed by atoms with Gasteiger partial charge >= 0.3 is 18.3 Å². The van der Waals surface area contributed by atoms with Gasteiger partial charge in [0.2, 0.25) is 5.91 Å². The van der Waals surface area contributed by atoms with E-state index in [1.54, 1.807) is 6.08 Å². The Bertz CT molecular complexity index is 706. The molecule has 0 saturated carbocycles. The summed E-state index contributed by atoms with van der Waals surface area (Å²) < 4.78 is 77.0. The summed E-state index contributed by atoms with van der Waals surface area (Å²) >= 11 is 0. The van der Waals surface area contributed by atoms with E-state index in [2.05, 4.69) is 0 Å². The molecule has 0 spiro atoms. The minimum absolute atomic E-state index is 0.0217. The van der Waals surface area contributed by atoms with Crippen LogP contribution in [0.4, 0.5) is 32.0 Å². The van der Waals surface area contributed by atoms with Crippen LogP contribution in [-0.2, 0) is 21.9 Å². The number of hydrogen-bond acceptors (Lipinski definition) is 2. The van der Waals surface area contributed by atoms with Gasteiger partial charge in [-0.05, 0) is 31.0 Å². The van der Waals surface area contributed by atoms with Gasteiger partial charge < -0.3 is 10.4 Å². The summed E-state index contributed by atoms with van der Waals surface area (Å²) in [6.07, 6.45) is -6.93. The summed E-state index contributed by atoms with van der Waals surface area (Å²) in [5.74, 6) is -4.42. The number of halogens is 6. The molecule has 2 atom stereocenters. The zero-order valence-corrected chi connectivity index (χ0v) is 13.0. The molecule has 0 bridgehead atoms. The summed E-state index contributed by atoms with van der Waals surface area (Å²) in [5, 5.41) is 11.1. The van der Waals surface area contributed by atoms with Crippen LogP contribution in [0.1, 0.15) is 24.0 Å². The average Bonchev–Trinajstić information content (AvgIpc) is 2.52. The number of nitrogens with one attached hydrogen (secondary N) is 1. The molecule has 0 unspecified atom stereocenters. The summed E-state index contributed by atoms with van der Waals surface area (Å²) in [6, 6.07) is 0.697. The molecule has 0 aromatic heterocycles. The summed E-state index contributed by atoms with van der Waals surface area (Å²) in [5.41, 5.74) is -3.84. The Hall–Kier alpha value is -2.52. The molecule has 142 valence electrons. The van der Waals surface area contributed by atoms with Crippen molar-refractivity contribution in [2.24, 2.45) is 11.8 Å². The first-order chi connectivity index (χ1) is 11.9. The molecule has 1 aliphatic rings. The standard InChI is InChI=1S/C16H13F6NO3/c17-15(18,19)8-5-9(16(20,21)22)7-10(6-8)23-13(24)11-3-1-2-4-12(11)14(25)26/h1-2,5-7,11-12H,3-4H2,(H,23,24)(H,25,26)/t11-,12-/m0/s1. The van der Waals surface area contributed by atoms with Gasteiger partial charge in [-0.2, -0.15) is 26.3 Å². The van der Waals surface area contributed by atoms with Gasteiger partial charge in [0, 0.05) is 5.69 Å². The van der Waals surface area contributed by atoms with Crippen molar-refractivity contribution in [3.05, 3.63) is 41.5 Å². The molecule has 2 N–H and O–H groups in total. The zero-order valence-electron chi connectivity index (χ0n) is 13.0. The molecule has 0 heterocycles. The predicted molar refractivity (Wildman–Crippen MR) is 78.1 cm³/mol. The van der Waals surface area contributed by atoms with Gasteiger partial charge in [-0.15, -0.1) is 0 Å². The lowest BCUT2D eigenvalue weighted by Gasteiger charge is -2.24. The van der Waals surface area contributed by atoms with Crippen LogP contribution in [0.5, 0.6) is 0 Å². The van der Waals surface area contributed by atoms with Crippen LogP contribution in [-0.4, -0.2) is 17.0 Å². The lowest BCUT2D eigenvalue weighted by Crippen LogP contribution is -2.34. The Balaban J connectivity index is 2.34. The van der Waals surface area contributed by atoms with E-state index >= 15 is 0 Å². The average molecular weight is 381 g/mol. The van der Waals surface area contributed by atoms with E-state index in [0.29, 0.717) is 12.1 Å². The molecule has 1 amide bonds. The minimum Gasteiger partial charge on any atom is -0.481 e. The van der Waals surface area contributed by atoms with Crippen LogP contribution in [0.3, 0.4) is 0 Å². The molecule has 26 heavy (non-hydrogen) atoms. The first-order valence-corrected chi connectivity index (χ1v) is 7.37. The normalized spacial score (nSPS) is 20.7. The first kappa shape index (κ1) is 19.8. The van der Waals surface area contributed by atoms with Crippen LogP contribution in [0, 0.1) is 11.8 Å². The van der Waals surface area contributed by atoms with Crippen LogP contribution in [0.15, 0.2) is 30.4 Å². The number of benzene rings is 1. The Labute approximate surface area is 143 Å². The third-order valence-corrected chi connectivity index (χ3v) is 3.94. The second kappa shape index (κ2) is 7.00. The highest BCUT2D eigenvalue weighted by atomic mass is 19.4. The molecule has 1 aliphatic carbocycles.